The summed E-state index contributed by atoms with van der Waals surface area (Å²) in [6.45, 7) is 11.4. The molecule has 2 heterocycles. The summed E-state index contributed by atoms with van der Waals surface area (Å²) < 4.78 is 67.8. The van der Waals surface area contributed by atoms with Crippen molar-refractivity contribution in [1.29, 1.82) is 0 Å². The Hall–Kier alpha value is -11.3. The topological polar surface area (TPSA) is 519 Å². The van der Waals surface area contributed by atoms with Gasteiger partial charge in [0.15, 0.2) is 14.7 Å². The van der Waals surface area contributed by atoms with E-state index < -0.39 is 171 Å². The van der Waals surface area contributed by atoms with E-state index in [0.717, 1.165) is 19.6 Å². The van der Waals surface area contributed by atoms with Crippen LogP contribution in [0.25, 0.3) is 10.9 Å². The van der Waals surface area contributed by atoms with E-state index >= 15 is 0 Å². The maximum atomic E-state index is 14.5. The van der Waals surface area contributed by atoms with E-state index in [4.69, 9.17) is 21.4 Å². The largest absolute Gasteiger partial charge is 0.748 e. The average Bonchev–Trinajstić information content (AvgIpc) is 1.08. The summed E-state index contributed by atoms with van der Waals surface area (Å²) in [5, 5.41) is 28.8. The number of primary amides is 2. The van der Waals surface area contributed by atoms with Gasteiger partial charge in [-0.25, -0.2) is 23.6 Å². The number of carboxylic acid groups (broad SMARTS) is 1. The SMILES string of the molecule is CC[C@H](C)[C@@H](CCC(=O)NN[C@@H](CC(C)C)C(N)=O)NC(=O)[C@H](Cc1cnc[nH]1)NC(=O)CNC(=O)[C@@H](NC(=O)[C@H](C)NC(=O)[C@H](Cc1c[nH]c2ccccc12)NC(=O)[C@H](CCC(N)=O)N(C)C(=O)CCCCNC(=O)[C@H](CS(=O)(=O)[O-])NC(=O)c1ccc([S+](c2ccccc2)c2ccccc2)cc1)C(C)C.O=C(O)C(F)(F)F. The van der Waals surface area contributed by atoms with Crippen molar-refractivity contribution in [2.75, 3.05) is 25.9 Å². The molecule has 0 spiro atoms. The number of halogens is 3. The van der Waals surface area contributed by atoms with Gasteiger partial charge in [-0.1, -0.05) is 103 Å². The van der Waals surface area contributed by atoms with Crippen LogP contribution in [0.3, 0.4) is 0 Å². The number of carbonyl (C=O) groups excluding carboxylic acids is 12. The molecule has 0 radical (unpaired) electrons. The standard InChI is InChI=1S/C74H100N16O15S2.C2HF3O2/c1-9-46(6)55(31-34-63(92)89-88-57(67(76)95)36-44(2)3)84-72(100)59(38-50-40-77-43-81-50)83-64(93)41-80-74(102)66(45(4)5)87-68(96)47(7)82-71(99)58(37-49-39-79-56-25-17-16-24-54(49)56)85-73(101)61(32-33-62(75)91)90(8)65(94)26-18-19-35-78-70(98)60(42-107(103,104)105)86-69(97)48-27-29-53(30-28-48)106(51-20-12-10-13-21-51)52-22-14-11-15-23-52;3-2(4,5)1(6)7/h10-17,20-25,27-30,39-40,43-47,55,57-61,66,79,88H,9,18-19,26,31-38,41-42H2,1-8H3,(H14-,75,76,77,78,80,81,82,83,84,85,86,87,89,91,92,93,95,96,97,98,99,100,101,102,103,104,105);(H,6,7)/t46-,47-,55+,57-,58-,59-,60-,61-,66-;/m0./s1. The number of carboxylic acids is 1. The number of aliphatic carboxylic acids is 1. The molecule has 114 heavy (non-hydrogen) atoms. The monoisotopic (exact) mass is 1630 g/mol. The lowest BCUT2D eigenvalue weighted by atomic mass is 9.94. The van der Waals surface area contributed by atoms with Gasteiger partial charge in [0, 0.05) is 86.3 Å². The quantitative estimate of drug-likeness (QED) is 0.0113. The first-order valence-corrected chi connectivity index (χ1v) is 39.5. The molecule has 17 N–H and O–H groups in total. The summed E-state index contributed by atoms with van der Waals surface area (Å²) in [6, 6.07) is 23.4. The first-order valence-electron chi connectivity index (χ1n) is 36.7. The number of nitrogens with zero attached hydrogens (tertiary/aromatic N) is 2. The molecule has 0 bridgehead atoms. The summed E-state index contributed by atoms with van der Waals surface area (Å²) in [5.41, 5.74) is 18.1. The zero-order valence-electron chi connectivity index (χ0n) is 64.4. The van der Waals surface area contributed by atoms with Crippen LogP contribution in [-0.2, 0) is 91.4 Å². The third-order valence-corrected chi connectivity index (χ3v) is 21.0. The van der Waals surface area contributed by atoms with Gasteiger partial charge < -0.3 is 78.5 Å². The third-order valence-electron chi connectivity index (χ3n) is 18.1. The predicted molar refractivity (Wildman–Crippen MR) is 413 cm³/mol. The third kappa shape index (κ3) is 31.4. The van der Waals surface area contributed by atoms with Gasteiger partial charge in [0.25, 0.3) is 5.91 Å². The van der Waals surface area contributed by atoms with Gasteiger partial charge in [-0.05, 0) is 117 Å². The van der Waals surface area contributed by atoms with Gasteiger partial charge in [-0.2, -0.15) is 13.2 Å². The van der Waals surface area contributed by atoms with Gasteiger partial charge in [0.05, 0.1) is 39.6 Å². The van der Waals surface area contributed by atoms with Crippen molar-refractivity contribution >= 4 is 109 Å². The van der Waals surface area contributed by atoms with Crippen molar-refractivity contribution in [3.05, 3.63) is 145 Å². The molecule has 2 aromatic heterocycles. The number of rotatable bonds is 44. The van der Waals surface area contributed by atoms with Crippen molar-refractivity contribution < 1.29 is 93.6 Å². The summed E-state index contributed by atoms with van der Waals surface area (Å²) in [7, 11) is -4.28. The Morgan fingerprint density at radius 3 is 1.79 bits per heavy atom. The number of benzene rings is 4. The van der Waals surface area contributed by atoms with Gasteiger partial charge in [0.1, 0.15) is 42.3 Å². The molecule has 0 unspecified atom stereocenters. The number of amides is 12. The molecule has 4 aromatic carbocycles. The lowest BCUT2D eigenvalue weighted by Crippen LogP contribution is -2.59. The van der Waals surface area contributed by atoms with Crippen LogP contribution in [0.2, 0.25) is 0 Å². The van der Waals surface area contributed by atoms with E-state index in [1.165, 1.54) is 38.6 Å². The Morgan fingerprint density at radius 1 is 0.632 bits per heavy atom. The number of aromatic nitrogens is 3. The number of para-hydroxylation sites is 1. The molecular formula is C76H101F3N16O17S2. The Morgan fingerprint density at radius 2 is 1.23 bits per heavy atom. The number of unbranched alkanes of at least 4 members (excludes halogenated alkanes) is 1. The maximum absolute atomic E-state index is 14.5. The molecule has 6 rings (SSSR count). The first kappa shape index (κ1) is 93.4. The zero-order chi connectivity index (χ0) is 84.6. The van der Waals surface area contributed by atoms with Crippen LogP contribution in [0.4, 0.5) is 13.2 Å². The highest BCUT2D eigenvalue weighted by atomic mass is 32.2. The fourth-order valence-electron chi connectivity index (χ4n) is 11.6. The molecular weight excluding hydrogens is 1530 g/mol. The second-order valence-electron chi connectivity index (χ2n) is 27.8. The van der Waals surface area contributed by atoms with E-state index in [9.17, 15) is 83.7 Å². The first-order chi connectivity index (χ1) is 53.8. The Balaban J connectivity index is 0.00000316. The zero-order valence-corrected chi connectivity index (χ0v) is 66.0. The van der Waals surface area contributed by atoms with Gasteiger partial charge in [-0.3, -0.25) is 63.0 Å². The summed E-state index contributed by atoms with van der Waals surface area (Å²) in [5.74, 6) is -13.6. The summed E-state index contributed by atoms with van der Waals surface area (Å²) >= 11 is 0. The van der Waals surface area contributed by atoms with Crippen molar-refractivity contribution in [2.24, 2.45) is 29.2 Å². The fraction of sp³-hybridized carbons (Fsp3) is 0.447. The summed E-state index contributed by atoms with van der Waals surface area (Å²) in [6.07, 6.45) is -0.286. The number of imidazole rings is 1. The molecule has 0 fully saturated rings. The van der Waals surface area contributed by atoms with Gasteiger partial charge >= 0.3 is 12.1 Å². The number of aromatic amines is 2. The molecule has 38 heteroatoms. The van der Waals surface area contributed by atoms with Crippen molar-refractivity contribution in [3.63, 3.8) is 0 Å². The number of H-pyrrole nitrogens is 2. The van der Waals surface area contributed by atoms with Crippen LogP contribution < -0.4 is 64.9 Å². The summed E-state index contributed by atoms with van der Waals surface area (Å²) in [4.78, 5) is 186. The van der Waals surface area contributed by atoms with Crippen LogP contribution in [0.1, 0.15) is 128 Å². The lowest BCUT2D eigenvalue weighted by molar-refractivity contribution is -0.192. The Labute approximate surface area is 660 Å². The molecule has 9 atom stereocenters. The molecule has 0 aliphatic heterocycles. The lowest BCUT2D eigenvalue weighted by Gasteiger charge is -2.30. The molecule has 12 amide bonds. The normalized spacial score (nSPS) is 13.8. The highest BCUT2D eigenvalue weighted by Gasteiger charge is 2.39. The maximum Gasteiger partial charge on any atom is 0.490 e. The molecule has 620 valence electrons. The smallest absolute Gasteiger partial charge is 0.490 e. The van der Waals surface area contributed by atoms with Crippen molar-refractivity contribution in [1.82, 2.24) is 73.2 Å². The van der Waals surface area contributed by atoms with E-state index in [1.807, 2.05) is 88.4 Å². The number of nitrogens with two attached hydrogens (primary N) is 2. The van der Waals surface area contributed by atoms with Gasteiger partial charge in [-0.15, -0.1) is 0 Å². The van der Waals surface area contributed by atoms with E-state index in [0.29, 0.717) is 35.0 Å². The minimum Gasteiger partial charge on any atom is -0.748 e. The van der Waals surface area contributed by atoms with E-state index in [1.54, 1.807) is 56.4 Å². The average molecular weight is 1630 g/mol. The number of hydrogen-bond acceptors (Lipinski definition) is 18. The molecule has 6 aromatic rings. The number of alkyl halides is 3. The minimum absolute atomic E-state index is 0.0418. The number of likely N-dealkylation sites (N-methyl/N-ethyl adjacent to an activating group) is 1. The Bertz CT molecular complexity index is 4310. The second-order valence-corrected chi connectivity index (χ2v) is 31.3. The molecule has 0 aliphatic carbocycles. The van der Waals surface area contributed by atoms with Crippen LogP contribution in [-0.4, -0.2) is 195 Å². The van der Waals surface area contributed by atoms with Crippen LogP contribution in [0.15, 0.2) is 143 Å². The van der Waals surface area contributed by atoms with Crippen molar-refractivity contribution in [3.8, 4) is 0 Å². The number of hydrazine groups is 1. The van der Waals surface area contributed by atoms with Crippen LogP contribution in [0.5, 0.6) is 0 Å². The molecule has 33 nitrogen and oxygen atoms in total. The highest BCUT2D eigenvalue weighted by Crippen LogP contribution is 2.31. The van der Waals surface area contributed by atoms with Crippen LogP contribution in [0, 0.1) is 17.8 Å². The van der Waals surface area contributed by atoms with Crippen LogP contribution >= 0.6 is 0 Å². The molecule has 0 saturated heterocycles. The predicted octanol–water partition coefficient (Wildman–Crippen LogP) is 2.69. The molecule has 0 aliphatic rings. The van der Waals surface area contributed by atoms with Gasteiger partial charge in [0.2, 0.25) is 65.0 Å². The number of carbonyl (C=O) groups is 13. The van der Waals surface area contributed by atoms with E-state index in [2.05, 4.69) is 68.3 Å². The minimum atomic E-state index is -5.08. The highest BCUT2D eigenvalue weighted by molar-refractivity contribution is 7.97. The fourth-order valence-corrected chi connectivity index (χ4v) is 14.3. The van der Waals surface area contributed by atoms with E-state index in [-0.39, 0.29) is 81.7 Å². The van der Waals surface area contributed by atoms with Crippen molar-refractivity contribution in [2.45, 2.75) is 188 Å². The molecule has 0 saturated carbocycles. The number of fused-ring (bicyclic) bond motifs is 1. The number of nitrogens with one attached hydrogen (secondary N) is 12. The second kappa shape index (κ2) is 45.4. The number of hydrogen-bond donors (Lipinski definition) is 15. The Kier molecular flexibility index (Phi) is 37.2.